The predicted octanol–water partition coefficient (Wildman–Crippen LogP) is 5.24. The summed E-state index contributed by atoms with van der Waals surface area (Å²) in [5, 5.41) is 0.705. The van der Waals surface area contributed by atoms with Crippen molar-refractivity contribution in [2.75, 3.05) is 26.2 Å². The molecular formula is C24H32ClN3O3. The van der Waals surface area contributed by atoms with Gasteiger partial charge in [0.2, 0.25) is 5.88 Å². The van der Waals surface area contributed by atoms with Crippen LogP contribution in [0.5, 0.6) is 5.88 Å². The van der Waals surface area contributed by atoms with Crippen molar-refractivity contribution >= 4 is 17.7 Å². The molecule has 2 aromatic rings. The van der Waals surface area contributed by atoms with Gasteiger partial charge in [-0.05, 0) is 63.4 Å². The van der Waals surface area contributed by atoms with E-state index < -0.39 is 5.60 Å². The highest BCUT2D eigenvalue weighted by atomic mass is 35.5. The van der Waals surface area contributed by atoms with Gasteiger partial charge in [-0.1, -0.05) is 23.7 Å². The monoisotopic (exact) mass is 445 g/mol. The molecule has 0 bridgehead atoms. The molecule has 3 rings (SSSR count). The van der Waals surface area contributed by atoms with Crippen LogP contribution in [0.4, 0.5) is 4.79 Å². The Morgan fingerprint density at radius 2 is 1.77 bits per heavy atom. The van der Waals surface area contributed by atoms with Crippen molar-refractivity contribution in [2.45, 2.75) is 52.9 Å². The molecule has 2 heterocycles. The molecule has 1 amide bonds. The molecule has 0 atom stereocenters. The smallest absolute Gasteiger partial charge is 0.410 e. The lowest BCUT2D eigenvalue weighted by Gasteiger charge is -2.35. The molecule has 0 radical (unpaired) electrons. The van der Waals surface area contributed by atoms with Crippen LogP contribution < -0.4 is 4.74 Å². The maximum atomic E-state index is 12.3. The molecule has 1 aliphatic heterocycles. The fraction of sp³-hybridized carbons (Fsp3) is 0.500. The van der Waals surface area contributed by atoms with Crippen LogP contribution in [-0.4, -0.2) is 58.8 Å². The Labute approximate surface area is 190 Å². The van der Waals surface area contributed by atoms with Crippen LogP contribution in [0.2, 0.25) is 5.02 Å². The number of benzene rings is 1. The Morgan fingerprint density at radius 3 is 2.35 bits per heavy atom. The third kappa shape index (κ3) is 6.84. The first-order valence-corrected chi connectivity index (χ1v) is 11.1. The summed E-state index contributed by atoms with van der Waals surface area (Å²) in [6.07, 6.45) is 1.70. The minimum atomic E-state index is -0.479. The minimum absolute atomic E-state index is 0.0531. The van der Waals surface area contributed by atoms with E-state index in [1.807, 2.05) is 71.1 Å². The standard InChI is InChI=1S/C24H32ClN3O3/c1-17(2)30-22-14-21(18-6-8-20(25)9-7-18)19(15-26-22)16-27-10-12-28(13-11-27)23(29)31-24(3,4)5/h6-9,14-15,17H,10-13,16H2,1-5H3. The van der Waals surface area contributed by atoms with E-state index in [9.17, 15) is 4.79 Å². The second-order valence-corrected chi connectivity index (χ2v) is 9.53. The quantitative estimate of drug-likeness (QED) is 0.629. The topological polar surface area (TPSA) is 54.9 Å². The molecule has 168 valence electrons. The summed E-state index contributed by atoms with van der Waals surface area (Å²) in [7, 11) is 0. The molecule has 0 unspecified atom stereocenters. The summed E-state index contributed by atoms with van der Waals surface area (Å²) in [6, 6.07) is 9.81. The van der Waals surface area contributed by atoms with Crippen molar-refractivity contribution in [3.05, 3.63) is 47.1 Å². The first-order chi connectivity index (χ1) is 14.6. The van der Waals surface area contributed by atoms with Crippen molar-refractivity contribution in [1.29, 1.82) is 0 Å². The third-order valence-corrected chi connectivity index (χ3v) is 5.14. The molecule has 0 N–H and O–H groups in total. The van der Waals surface area contributed by atoms with Gasteiger partial charge in [0.1, 0.15) is 5.60 Å². The van der Waals surface area contributed by atoms with Crippen LogP contribution in [0.3, 0.4) is 0 Å². The van der Waals surface area contributed by atoms with Gasteiger partial charge in [0.05, 0.1) is 6.10 Å². The number of aromatic nitrogens is 1. The van der Waals surface area contributed by atoms with E-state index >= 15 is 0 Å². The van der Waals surface area contributed by atoms with Crippen LogP contribution in [0.25, 0.3) is 11.1 Å². The zero-order valence-corrected chi connectivity index (χ0v) is 19.8. The lowest BCUT2D eigenvalue weighted by molar-refractivity contribution is 0.0139. The van der Waals surface area contributed by atoms with Gasteiger partial charge in [-0.15, -0.1) is 0 Å². The molecule has 7 heteroatoms. The van der Waals surface area contributed by atoms with E-state index in [1.54, 1.807) is 4.90 Å². The SMILES string of the molecule is CC(C)Oc1cc(-c2ccc(Cl)cc2)c(CN2CCN(C(=O)OC(C)(C)C)CC2)cn1. The summed E-state index contributed by atoms with van der Waals surface area (Å²) in [6.45, 7) is 13.2. The molecule has 31 heavy (non-hydrogen) atoms. The maximum absolute atomic E-state index is 12.3. The number of nitrogens with zero attached hydrogens (tertiary/aromatic N) is 3. The number of hydrogen-bond donors (Lipinski definition) is 0. The first kappa shape index (κ1) is 23.4. The van der Waals surface area contributed by atoms with Crippen LogP contribution >= 0.6 is 11.6 Å². The number of halogens is 1. The molecule has 1 aromatic carbocycles. The number of ether oxygens (including phenoxy) is 2. The van der Waals surface area contributed by atoms with Gasteiger partial charge in [0.25, 0.3) is 0 Å². The normalized spacial score (nSPS) is 15.3. The molecule has 1 aliphatic rings. The van der Waals surface area contributed by atoms with E-state index in [2.05, 4.69) is 9.88 Å². The second kappa shape index (κ2) is 9.88. The fourth-order valence-electron chi connectivity index (χ4n) is 3.45. The number of hydrogen-bond acceptors (Lipinski definition) is 5. The zero-order valence-electron chi connectivity index (χ0n) is 19.0. The van der Waals surface area contributed by atoms with Crippen molar-refractivity contribution in [3.63, 3.8) is 0 Å². The second-order valence-electron chi connectivity index (χ2n) is 9.10. The summed E-state index contributed by atoms with van der Waals surface area (Å²) < 4.78 is 11.3. The minimum Gasteiger partial charge on any atom is -0.475 e. The van der Waals surface area contributed by atoms with Gasteiger partial charge in [0, 0.05) is 50.0 Å². The molecule has 1 aromatic heterocycles. The number of rotatable bonds is 5. The Kier molecular flexibility index (Phi) is 7.44. The molecule has 1 fully saturated rings. The van der Waals surface area contributed by atoms with Crippen molar-refractivity contribution < 1.29 is 14.3 Å². The lowest BCUT2D eigenvalue weighted by Crippen LogP contribution is -2.49. The first-order valence-electron chi connectivity index (χ1n) is 10.7. The Morgan fingerprint density at radius 1 is 1.13 bits per heavy atom. The number of carbonyl (C=O) groups is 1. The largest absolute Gasteiger partial charge is 0.475 e. The van der Waals surface area contributed by atoms with Gasteiger partial charge < -0.3 is 14.4 Å². The highest BCUT2D eigenvalue weighted by molar-refractivity contribution is 6.30. The number of carbonyl (C=O) groups excluding carboxylic acids is 1. The molecule has 0 saturated carbocycles. The molecule has 6 nitrogen and oxygen atoms in total. The Balaban J connectivity index is 1.72. The Hall–Kier alpha value is -2.31. The molecule has 1 saturated heterocycles. The van der Waals surface area contributed by atoms with E-state index in [0.717, 1.165) is 36.3 Å². The number of amides is 1. The van der Waals surface area contributed by atoms with Crippen molar-refractivity contribution in [3.8, 4) is 17.0 Å². The van der Waals surface area contributed by atoms with E-state index in [1.165, 1.54) is 0 Å². The highest BCUT2D eigenvalue weighted by Gasteiger charge is 2.26. The van der Waals surface area contributed by atoms with Crippen LogP contribution in [-0.2, 0) is 11.3 Å². The van der Waals surface area contributed by atoms with Crippen LogP contribution in [0, 0.1) is 0 Å². The molecule has 0 aliphatic carbocycles. The van der Waals surface area contributed by atoms with Gasteiger partial charge in [-0.3, -0.25) is 4.90 Å². The molecule has 0 spiro atoms. The van der Waals surface area contributed by atoms with Crippen LogP contribution in [0.15, 0.2) is 36.5 Å². The Bertz CT molecular complexity index is 886. The number of pyridine rings is 1. The summed E-state index contributed by atoms with van der Waals surface area (Å²) >= 11 is 6.09. The van der Waals surface area contributed by atoms with Crippen LogP contribution in [0.1, 0.15) is 40.2 Å². The highest BCUT2D eigenvalue weighted by Crippen LogP contribution is 2.29. The maximum Gasteiger partial charge on any atom is 0.410 e. The van der Waals surface area contributed by atoms with Crippen molar-refractivity contribution in [2.24, 2.45) is 0 Å². The summed E-state index contributed by atoms with van der Waals surface area (Å²) in [5.41, 5.74) is 2.79. The summed E-state index contributed by atoms with van der Waals surface area (Å²) in [4.78, 5) is 20.9. The molecular weight excluding hydrogens is 414 g/mol. The predicted molar refractivity (Wildman–Crippen MR) is 124 cm³/mol. The lowest BCUT2D eigenvalue weighted by atomic mass is 10.0. The van der Waals surface area contributed by atoms with Crippen molar-refractivity contribution in [1.82, 2.24) is 14.8 Å². The average Bonchev–Trinajstić information content (AvgIpc) is 2.68. The summed E-state index contributed by atoms with van der Waals surface area (Å²) in [5.74, 6) is 0.610. The van der Waals surface area contributed by atoms with Gasteiger partial charge in [-0.2, -0.15) is 0 Å². The van der Waals surface area contributed by atoms with Gasteiger partial charge in [-0.25, -0.2) is 9.78 Å². The average molecular weight is 446 g/mol. The number of piperazine rings is 1. The van der Waals surface area contributed by atoms with Gasteiger partial charge >= 0.3 is 6.09 Å². The zero-order chi connectivity index (χ0) is 22.6. The van der Waals surface area contributed by atoms with E-state index in [-0.39, 0.29) is 12.2 Å². The fourth-order valence-corrected chi connectivity index (χ4v) is 3.58. The third-order valence-electron chi connectivity index (χ3n) is 4.89. The van der Waals surface area contributed by atoms with E-state index in [4.69, 9.17) is 21.1 Å². The van der Waals surface area contributed by atoms with E-state index in [0.29, 0.717) is 24.0 Å². The van der Waals surface area contributed by atoms with Gasteiger partial charge in [0.15, 0.2) is 0 Å².